The minimum atomic E-state index is -4.26. The van der Waals surface area contributed by atoms with Gasteiger partial charge >= 0.3 is 6.18 Å². The first-order valence-electron chi connectivity index (χ1n) is 5.22. The van der Waals surface area contributed by atoms with E-state index in [1.807, 2.05) is 0 Å². The maximum atomic E-state index is 11.8. The first kappa shape index (κ1) is 15.6. The summed E-state index contributed by atoms with van der Waals surface area (Å²) in [6.07, 6.45) is -3.79. The van der Waals surface area contributed by atoms with Crippen molar-refractivity contribution in [3.05, 3.63) is 27.7 Å². The van der Waals surface area contributed by atoms with Crippen molar-refractivity contribution in [2.24, 2.45) is 0 Å². The lowest BCUT2D eigenvalue weighted by Gasteiger charge is -2.10. The normalized spacial score (nSPS) is 11.6. The summed E-state index contributed by atoms with van der Waals surface area (Å²) in [7, 11) is 0. The number of benzene rings is 1. The third kappa shape index (κ3) is 6.47. The summed E-state index contributed by atoms with van der Waals surface area (Å²) in [5, 5.41) is 3.59. The van der Waals surface area contributed by atoms with Gasteiger partial charge in [-0.3, -0.25) is 0 Å². The fourth-order valence-corrected chi connectivity index (χ4v) is 1.76. The predicted octanol–water partition coefficient (Wildman–Crippen LogP) is 4.48. The summed E-state index contributed by atoms with van der Waals surface area (Å²) in [4.78, 5) is 0. The van der Waals surface area contributed by atoms with E-state index in [0.29, 0.717) is 18.0 Å². The average molecular weight is 347 g/mol. The molecular weight excluding hydrogens is 334 g/mol. The van der Waals surface area contributed by atoms with Crippen molar-refractivity contribution in [3.63, 3.8) is 0 Å². The summed E-state index contributed by atoms with van der Waals surface area (Å²) in [6, 6.07) is 5.34. The van der Waals surface area contributed by atoms with E-state index in [1.165, 1.54) is 0 Å². The van der Waals surface area contributed by atoms with Crippen molar-refractivity contribution in [2.45, 2.75) is 12.6 Å². The van der Waals surface area contributed by atoms with E-state index >= 15 is 0 Å². The van der Waals surface area contributed by atoms with E-state index < -0.39 is 12.8 Å². The molecule has 0 aliphatic heterocycles. The smallest absolute Gasteiger partial charge is 0.384 e. The highest BCUT2D eigenvalue weighted by molar-refractivity contribution is 9.10. The fraction of sp³-hybridized carbons (Fsp3) is 0.455. The molecule has 0 aromatic heterocycles. The van der Waals surface area contributed by atoms with Gasteiger partial charge in [0, 0.05) is 17.6 Å². The second kappa shape index (κ2) is 7.21. The van der Waals surface area contributed by atoms with Gasteiger partial charge in [-0.25, -0.2) is 0 Å². The molecule has 0 saturated heterocycles. The van der Waals surface area contributed by atoms with Crippen LogP contribution in [0.15, 0.2) is 22.7 Å². The zero-order chi connectivity index (χ0) is 13.6. The molecule has 0 radical (unpaired) electrons. The fourth-order valence-electron chi connectivity index (χ4n) is 1.22. The molecule has 102 valence electrons. The number of ether oxygens (including phenoxy) is 1. The van der Waals surface area contributed by atoms with Crippen molar-refractivity contribution in [3.8, 4) is 0 Å². The molecule has 0 saturated carbocycles. The Morgan fingerprint density at radius 1 is 1.33 bits per heavy atom. The van der Waals surface area contributed by atoms with Crippen LogP contribution in [0.4, 0.5) is 18.9 Å². The first-order valence-corrected chi connectivity index (χ1v) is 6.39. The zero-order valence-electron chi connectivity index (χ0n) is 9.36. The maximum absolute atomic E-state index is 11.8. The van der Waals surface area contributed by atoms with Crippen molar-refractivity contribution in [1.29, 1.82) is 0 Å². The lowest BCUT2D eigenvalue weighted by molar-refractivity contribution is -0.173. The average Bonchev–Trinajstić information content (AvgIpc) is 2.26. The number of hydrogen-bond acceptors (Lipinski definition) is 2. The SMILES string of the molecule is FC(F)(F)COCCCNc1cc(Br)ccc1Cl. The Hall–Kier alpha value is -0.460. The second-order valence-electron chi connectivity index (χ2n) is 3.57. The Kier molecular flexibility index (Phi) is 6.25. The molecule has 18 heavy (non-hydrogen) atoms. The number of hydrogen-bond donors (Lipinski definition) is 1. The van der Waals surface area contributed by atoms with Crippen LogP contribution >= 0.6 is 27.5 Å². The van der Waals surface area contributed by atoms with Crippen LogP contribution in [0.25, 0.3) is 0 Å². The molecule has 1 aromatic carbocycles. The van der Waals surface area contributed by atoms with E-state index in [0.717, 1.165) is 10.2 Å². The van der Waals surface area contributed by atoms with E-state index in [1.54, 1.807) is 18.2 Å². The number of halogens is 5. The third-order valence-corrected chi connectivity index (χ3v) is 2.80. The largest absolute Gasteiger partial charge is 0.411 e. The number of rotatable bonds is 6. The molecular formula is C11H12BrClF3NO. The summed E-state index contributed by atoms with van der Waals surface area (Å²) in [5.41, 5.74) is 0.738. The van der Waals surface area contributed by atoms with Gasteiger partial charge in [0.2, 0.25) is 0 Å². The van der Waals surface area contributed by atoms with E-state index in [4.69, 9.17) is 11.6 Å². The Morgan fingerprint density at radius 3 is 2.72 bits per heavy atom. The quantitative estimate of drug-likeness (QED) is 0.767. The molecule has 0 aliphatic carbocycles. The molecule has 0 spiro atoms. The molecule has 1 rings (SSSR count). The Bertz CT molecular complexity index is 387. The van der Waals surface area contributed by atoms with Gasteiger partial charge in [-0.2, -0.15) is 13.2 Å². The molecule has 1 N–H and O–H groups in total. The van der Waals surface area contributed by atoms with Crippen molar-refractivity contribution in [1.82, 2.24) is 0 Å². The molecule has 0 fully saturated rings. The van der Waals surface area contributed by atoms with Crippen LogP contribution < -0.4 is 5.32 Å². The summed E-state index contributed by atoms with van der Waals surface area (Å²) in [6.45, 7) is -0.656. The zero-order valence-corrected chi connectivity index (χ0v) is 11.7. The topological polar surface area (TPSA) is 21.3 Å². The Labute approximate surface area is 117 Å². The minimum Gasteiger partial charge on any atom is -0.384 e. The van der Waals surface area contributed by atoms with Crippen LogP contribution in [0.3, 0.4) is 0 Å². The number of anilines is 1. The molecule has 2 nitrogen and oxygen atoms in total. The van der Waals surface area contributed by atoms with Crippen LogP contribution in [-0.4, -0.2) is 25.9 Å². The molecule has 0 aliphatic rings. The van der Waals surface area contributed by atoms with Crippen LogP contribution in [0.5, 0.6) is 0 Å². The van der Waals surface area contributed by atoms with Gasteiger partial charge < -0.3 is 10.1 Å². The lowest BCUT2D eigenvalue weighted by atomic mass is 10.3. The highest BCUT2D eigenvalue weighted by Crippen LogP contribution is 2.25. The van der Waals surface area contributed by atoms with Gasteiger partial charge in [-0.05, 0) is 24.6 Å². The van der Waals surface area contributed by atoms with Crippen molar-refractivity contribution >= 4 is 33.2 Å². The monoisotopic (exact) mass is 345 g/mol. The maximum Gasteiger partial charge on any atom is 0.411 e. The summed E-state index contributed by atoms with van der Waals surface area (Å²) >= 11 is 9.24. The predicted molar refractivity (Wildman–Crippen MR) is 69.1 cm³/mol. The minimum absolute atomic E-state index is 0.0537. The first-order chi connectivity index (χ1) is 8.38. The third-order valence-electron chi connectivity index (χ3n) is 1.98. The highest BCUT2D eigenvalue weighted by atomic mass is 79.9. The Morgan fingerprint density at radius 2 is 2.06 bits per heavy atom. The van der Waals surface area contributed by atoms with Gasteiger partial charge in [0.15, 0.2) is 0 Å². The molecule has 0 atom stereocenters. The van der Waals surface area contributed by atoms with Gasteiger partial charge in [-0.1, -0.05) is 27.5 Å². The Balaban J connectivity index is 2.20. The van der Waals surface area contributed by atoms with Crippen LogP contribution in [0.2, 0.25) is 5.02 Å². The van der Waals surface area contributed by atoms with E-state index in [2.05, 4.69) is 26.0 Å². The van der Waals surface area contributed by atoms with Crippen molar-refractivity contribution < 1.29 is 17.9 Å². The lowest BCUT2D eigenvalue weighted by Crippen LogP contribution is -2.18. The summed E-state index contributed by atoms with van der Waals surface area (Å²) < 4.78 is 40.7. The molecule has 1 aromatic rings. The molecule has 7 heteroatoms. The van der Waals surface area contributed by atoms with Gasteiger partial charge in [0.05, 0.1) is 10.7 Å². The van der Waals surface area contributed by atoms with Crippen molar-refractivity contribution in [2.75, 3.05) is 25.1 Å². The molecule has 0 bridgehead atoms. The number of alkyl halides is 3. The van der Waals surface area contributed by atoms with Gasteiger partial charge in [-0.15, -0.1) is 0 Å². The molecule has 0 unspecified atom stereocenters. The van der Waals surface area contributed by atoms with Gasteiger partial charge in [0.1, 0.15) is 6.61 Å². The van der Waals surface area contributed by atoms with E-state index in [-0.39, 0.29) is 6.61 Å². The summed E-state index contributed by atoms with van der Waals surface area (Å²) in [5.74, 6) is 0. The van der Waals surface area contributed by atoms with Crippen LogP contribution in [0.1, 0.15) is 6.42 Å². The van der Waals surface area contributed by atoms with Crippen LogP contribution in [-0.2, 0) is 4.74 Å². The highest BCUT2D eigenvalue weighted by Gasteiger charge is 2.27. The molecule has 0 amide bonds. The molecule has 0 heterocycles. The standard InChI is InChI=1S/C11H12BrClF3NO/c12-8-2-3-9(13)10(6-8)17-4-1-5-18-7-11(14,15)16/h2-3,6,17H,1,4-5,7H2. The van der Waals surface area contributed by atoms with Gasteiger partial charge in [0.25, 0.3) is 0 Å². The van der Waals surface area contributed by atoms with Crippen LogP contribution in [0, 0.1) is 0 Å². The van der Waals surface area contributed by atoms with E-state index in [9.17, 15) is 13.2 Å². The number of nitrogens with one attached hydrogen (secondary N) is 1. The second-order valence-corrected chi connectivity index (χ2v) is 4.90.